The van der Waals surface area contributed by atoms with Crippen LogP contribution in [0.15, 0.2) is 67.8 Å². The molecule has 21 heavy (non-hydrogen) atoms. The van der Waals surface area contributed by atoms with Crippen molar-refractivity contribution in [3.8, 4) is 0 Å². The van der Waals surface area contributed by atoms with E-state index in [4.69, 9.17) is 0 Å². The lowest BCUT2D eigenvalue weighted by Gasteiger charge is -2.19. The monoisotopic (exact) mass is 280 g/mol. The molecule has 2 aromatic carbocycles. The van der Waals surface area contributed by atoms with Gasteiger partial charge < -0.3 is 10.2 Å². The molecule has 0 atom stereocenters. The molecule has 0 aliphatic carbocycles. The van der Waals surface area contributed by atoms with Crippen molar-refractivity contribution in [1.29, 1.82) is 0 Å². The van der Waals surface area contributed by atoms with E-state index >= 15 is 0 Å². The minimum atomic E-state index is 0.0305. The van der Waals surface area contributed by atoms with E-state index in [1.807, 2.05) is 30.3 Å². The highest BCUT2D eigenvalue weighted by atomic mass is 16.2. The van der Waals surface area contributed by atoms with Gasteiger partial charge in [0.1, 0.15) is 0 Å². The zero-order valence-electron chi connectivity index (χ0n) is 12.1. The van der Waals surface area contributed by atoms with E-state index in [0.29, 0.717) is 13.1 Å². The first kappa shape index (κ1) is 14.9. The largest absolute Gasteiger partial charge is 0.376 e. The molecule has 0 fully saturated rings. The summed E-state index contributed by atoms with van der Waals surface area (Å²) in [6.45, 7) is 8.67. The van der Waals surface area contributed by atoms with Crippen LogP contribution in [-0.4, -0.2) is 30.4 Å². The van der Waals surface area contributed by atoms with Crippen LogP contribution >= 0.6 is 0 Å². The van der Waals surface area contributed by atoms with Gasteiger partial charge in [0.2, 0.25) is 5.91 Å². The molecule has 2 rings (SSSR count). The highest BCUT2D eigenvalue weighted by molar-refractivity contribution is 5.87. The van der Waals surface area contributed by atoms with Crippen molar-refractivity contribution < 1.29 is 4.79 Å². The predicted molar refractivity (Wildman–Crippen MR) is 89.4 cm³/mol. The minimum absolute atomic E-state index is 0.0305. The van der Waals surface area contributed by atoms with Crippen LogP contribution in [0.1, 0.15) is 0 Å². The molecule has 0 aliphatic heterocycles. The zero-order chi connectivity index (χ0) is 15.1. The number of anilines is 1. The predicted octanol–water partition coefficient (Wildman–Crippen LogP) is 3.45. The lowest BCUT2D eigenvalue weighted by Crippen LogP contribution is -2.35. The highest BCUT2D eigenvalue weighted by Gasteiger charge is 2.09. The molecule has 2 aromatic rings. The van der Waals surface area contributed by atoms with Crippen LogP contribution in [0.4, 0.5) is 5.69 Å². The average Bonchev–Trinajstić information content (AvgIpc) is 2.52. The second-order valence-corrected chi connectivity index (χ2v) is 4.79. The van der Waals surface area contributed by atoms with Crippen molar-refractivity contribution >= 4 is 22.4 Å². The van der Waals surface area contributed by atoms with Crippen molar-refractivity contribution in [1.82, 2.24) is 4.90 Å². The van der Waals surface area contributed by atoms with Gasteiger partial charge in [0.05, 0.1) is 6.54 Å². The smallest absolute Gasteiger partial charge is 0.242 e. The summed E-state index contributed by atoms with van der Waals surface area (Å²) in [6.07, 6.45) is 3.44. The Hall–Kier alpha value is -2.55. The Kier molecular flexibility index (Phi) is 5.16. The summed E-state index contributed by atoms with van der Waals surface area (Å²) in [5, 5.41) is 5.52. The standard InChI is InChI=1S/C18H20N2O/c1-3-11-20(12-4-2)18(21)14-19-17-10-9-15-7-5-6-8-16(15)13-17/h3-10,13,19H,1-2,11-12,14H2. The summed E-state index contributed by atoms with van der Waals surface area (Å²) in [6, 6.07) is 14.2. The van der Waals surface area contributed by atoms with E-state index in [2.05, 4.69) is 30.6 Å². The number of benzene rings is 2. The van der Waals surface area contributed by atoms with E-state index in [-0.39, 0.29) is 12.5 Å². The van der Waals surface area contributed by atoms with Crippen LogP contribution in [0.3, 0.4) is 0 Å². The number of nitrogens with one attached hydrogen (secondary N) is 1. The average molecular weight is 280 g/mol. The Morgan fingerprint density at radius 2 is 1.71 bits per heavy atom. The third kappa shape index (κ3) is 3.96. The molecule has 0 radical (unpaired) electrons. The number of amides is 1. The van der Waals surface area contributed by atoms with Crippen LogP contribution in [-0.2, 0) is 4.79 Å². The first-order chi connectivity index (χ1) is 10.2. The van der Waals surface area contributed by atoms with E-state index in [0.717, 1.165) is 11.1 Å². The SMILES string of the molecule is C=CCN(CC=C)C(=O)CNc1ccc2ccccc2c1. The fourth-order valence-electron chi connectivity index (χ4n) is 2.18. The Bertz CT molecular complexity index is 638. The van der Waals surface area contributed by atoms with Crippen LogP contribution in [0.2, 0.25) is 0 Å². The number of rotatable bonds is 7. The Morgan fingerprint density at radius 3 is 2.38 bits per heavy atom. The van der Waals surface area contributed by atoms with E-state index < -0.39 is 0 Å². The molecule has 0 aliphatic rings. The third-order valence-electron chi connectivity index (χ3n) is 3.24. The van der Waals surface area contributed by atoms with Gasteiger partial charge in [-0.25, -0.2) is 0 Å². The summed E-state index contributed by atoms with van der Waals surface area (Å²) < 4.78 is 0. The number of fused-ring (bicyclic) bond motifs is 1. The Morgan fingerprint density at radius 1 is 1.05 bits per heavy atom. The maximum Gasteiger partial charge on any atom is 0.242 e. The van der Waals surface area contributed by atoms with Gasteiger partial charge in [-0.05, 0) is 22.9 Å². The second kappa shape index (κ2) is 7.29. The van der Waals surface area contributed by atoms with Crippen LogP contribution < -0.4 is 5.32 Å². The van der Waals surface area contributed by atoms with E-state index in [1.165, 1.54) is 5.39 Å². The minimum Gasteiger partial charge on any atom is -0.376 e. The molecule has 3 heteroatoms. The van der Waals surface area contributed by atoms with Crippen molar-refractivity contribution in [3.63, 3.8) is 0 Å². The summed E-state index contributed by atoms with van der Waals surface area (Å²) >= 11 is 0. The number of carbonyl (C=O) groups is 1. The lowest BCUT2D eigenvalue weighted by molar-refractivity contribution is -0.128. The van der Waals surface area contributed by atoms with Crippen molar-refractivity contribution in [2.24, 2.45) is 0 Å². The molecular weight excluding hydrogens is 260 g/mol. The Balaban J connectivity index is 2.01. The molecule has 0 heterocycles. The lowest BCUT2D eigenvalue weighted by atomic mass is 10.1. The quantitative estimate of drug-likeness (QED) is 0.788. The molecule has 0 saturated carbocycles. The van der Waals surface area contributed by atoms with E-state index in [9.17, 15) is 4.79 Å². The molecule has 108 valence electrons. The van der Waals surface area contributed by atoms with Gasteiger partial charge in [0.25, 0.3) is 0 Å². The fourth-order valence-corrected chi connectivity index (χ4v) is 2.18. The van der Waals surface area contributed by atoms with Gasteiger partial charge in [-0.3, -0.25) is 4.79 Å². The maximum absolute atomic E-state index is 12.1. The van der Waals surface area contributed by atoms with Crippen molar-refractivity contribution in [2.45, 2.75) is 0 Å². The van der Waals surface area contributed by atoms with Gasteiger partial charge in [0.15, 0.2) is 0 Å². The molecular formula is C18H20N2O. The molecule has 0 saturated heterocycles. The fraction of sp³-hybridized carbons (Fsp3) is 0.167. The first-order valence-corrected chi connectivity index (χ1v) is 6.97. The molecule has 0 aromatic heterocycles. The normalized spacial score (nSPS) is 10.1. The van der Waals surface area contributed by atoms with Gasteiger partial charge in [0, 0.05) is 18.8 Å². The third-order valence-corrected chi connectivity index (χ3v) is 3.24. The molecule has 0 spiro atoms. The summed E-state index contributed by atoms with van der Waals surface area (Å²) in [5.41, 5.74) is 0.944. The molecule has 3 nitrogen and oxygen atoms in total. The van der Waals surface area contributed by atoms with E-state index in [1.54, 1.807) is 17.1 Å². The van der Waals surface area contributed by atoms with Gasteiger partial charge >= 0.3 is 0 Å². The van der Waals surface area contributed by atoms with Gasteiger partial charge in [-0.2, -0.15) is 0 Å². The Labute approximate surface area is 125 Å². The summed E-state index contributed by atoms with van der Waals surface area (Å²) in [7, 11) is 0. The van der Waals surface area contributed by atoms with Crippen molar-refractivity contribution in [2.75, 3.05) is 25.0 Å². The number of nitrogens with zero attached hydrogens (tertiary/aromatic N) is 1. The van der Waals surface area contributed by atoms with Crippen LogP contribution in [0.25, 0.3) is 10.8 Å². The molecule has 1 N–H and O–H groups in total. The molecule has 1 amide bonds. The summed E-state index contributed by atoms with van der Waals surface area (Å²) in [4.78, 5) is 13.8. The van der Waals surface area contributed by atoms with Gasteiger partial charge in [-0.1, -0.05) is 42.5 Å². The highest BCUT2D eigenvalue weighted by Crippen LogP contribution is 2.18. The first-order valence-electron chi connectivity index (χ1n) is 6.97. The summed E-state index contributed by atoms with van der Waals surface area (Å²) in [5.74, 6) is 0.0305. The van der Waals surface area contributed by atoms with Crippen molar-refractivity contribution in [3.05, 3.63) is 67.8 Å². The zero-order valence-corrected chi connectivity index (χ0v) is 12.1. The number of carbonyl (C=O) groups excluding carboxylic acids is 1. The molecule has 0 unspecified atom stereocenters. The number of hydrogen-bond donors (Lipinski definition) is 1. The second-order valence-electron chi connectivity index (χ2n) is 4.79. The van der Waals surface area contributed by atoms with Crippen LogP contribution in [0.5, 0.6) is 0 Å². The van der Waals surface area contributed by atoms with Gasteiger partial charge in [-0.15, -0.1) is 13.2 Å². The topological polar surface area (TPSA) is 32.3 Å². The van der Waals surface area contributed by atoms with Crippen LogP contribution in [0, 0.1) is 0 Å². The number of hydrogen-bond acceptors (Lipinski definition) is 2. The maximum atomic E-state index is 12.1. The molecule has 0 bridgehead atoms.